The van der Waals surface area contributed by atoms with Crippen molar-refractivity contribution in [2.75, 3.05) is 20.3 Å². The van der Waals surface area contributed by atoms with Crippen LogP contribution in [0.2, 0.25) is 0 Å². The maximum atomic E-state index is 11.1. The maximum absolute atomic E-state index is 11.1. The fourth-order valence-corrected chi connectivity index (χ4v) is 0.837. The first-order valence-corrected chi connectivity index (χ1v) is 4.04. The quantitative estimate of drug-likeness (QED) is 0.604. The minimum atomic E-state index is -0.579. The molecule has 0 aliphatic heterocycles. The molecule has 0 aliphatic rings. The first-order chi connectivity index (χ1) is 5.63. The van der Waals surface area contributed by atoms with Crippen LogP contribution < -0.4 is 5.73 Å². The van der Waals surface area contributed by atoms with Crippen LogP contribution in [-0.2, 0) is 14.3 Å². The fourth-order valence-electron chi connectivity index (χ4n) is 0.837. The number of esters is 1. The average molecular weight is 175 g/mol. The molecule has 0 saturated carbocycles. The van der Waals surface area contributed by atoms with E-state index in [1.165, 1.54) is 0 Å². The predicted octanol–water partition coefficient (Wildman–Crippen LogP) is 0.159. The van der Waals surface area contributed by atoms with Gasteiger partial charge in [-0.15, -0.1) is 0 Å². The van der Waals surface area contributed by atoms with Crippen molar-refractivity contribution in [2.24, 2.45) is 11.7 Å². The van der Waals surface area contributed by atoms with Gasteiger partial charge in [0.2, 0.25) is 0 Å². The predicted molar refractivity (Wildman–Crippen MR) is 45.6 cm³/mol. The van der Waals surface area contributed by atoms with Crippen molar-refractivity contribution >= 4 is 5.97 Å². The third-order valence-electron chi connectivity index (χ3n) is 1.60. The lowest BCUT2D eigenvalue weighted by molar-refractivity contribution is -0.146. The smallest absolute Gasteiger partial charge is 0.323 e. The Morgan fingerprint density at radius 1 is 1.58 bits per heavy atom. The molecule has 0 amide bonds. The number of hydrogen-bond donors (Lipinski definition) is 1. The van der Waals surface area contributed by atoms with Gasteiger partial charge in [-0.3, -0.25) is 4.79 Å². The second-order valence-electron chi connectivity index (χ2n) is 2.71. The summed E-state index contributed by atoms with van der Waals surface area (Å²) in [6.07, 6.45) is 0. The van der Waals surface area contributed by atoms with Gasteiger partial charge in [-0.05, 0) is 6.92 Å². The molecule has 0 aliphatic carbocycles. The van der Waals surface area contributed by atoms with Gasteiger partial charge in [0, 0.05) is 13.0 Å². The van der Waals surface area contributed by atoms with E-state index in [4.69, 9.17) is 15.2 Å². The molecular weight excluding hydrogens is 158 g/mol. The Morgan fingerprint density at radius 3 is 2.58 bits per heavy atom. The van der Waals surface area contributed by atoms with Gasteiger partial charge in [-0.2, -0.15) is 0 Å². The van der Waals surface area contributed by atoms with Crippen LogP contribution in [0.4, 0.5) is 0 Å². The summed E-state index contributed by atoms with van der Waals surface area (Å²) >= 11 is 0. The first kappa shape index (κ1) is 11.4. The Morgan fingerprint density at radius 2 is 2.17 bits per heavy atom. The molecule has 4 heteroatoms. The highest BCUT2D eigenvalue weighted by molar-refractivity contribution is 5.75. The molecule has 2 N–H and O–H groups in total. The highest BCUT2D eigenvalue weighted by atomic mass is 16.5. The van der Waals surface area contributed by atoms with Crippen LogP contribution in [0.15, 0.2) is 0 Å². The second kappa shape index (κ2) is 5.97. The summed E-state index contributed by atoms with van der Waals surface area (Å²) in [5, 5.41) is 0. The van der Waals surface area contributed by atoms with E-state index in [1.54, 1.807) is 14.0 Å². The molecule has 72 valence electrons. The van der Waals surface area contributed by atoms with Crippen molar-refractivity contribution in [2.45, 2.75) is 19.9 Å². The molecule has 2 unspecified atom stereocenters. The Balaban J connectivity index is 3.82. The lowest BCUT2D eigenvalue weighted by Gasteiger charge is -2.16. The van der Waals surface area contributed by atoms with E-state index in [2.05, 4.69) is 0 Å². The molecule has 0 rings (SSSR count). The zero-order chi connectivity index (χ0) is 9.56. The largest absolute Gasteiger partial charge is 0.465 e. The van der Waals surface area contributed by atoms with Crippen molar-refractivity contribution in [3.8, 4) is 0 Å². The summed E-state index contributed by atoms with van der Waals surface area (Å²) in [5.74, 6) is -0.365. The monoisotopic (exact) mass is 175 g/mol. The third-order valence-corrected chi connectivity index (χ3v) is 1.60. The van der Waals surface area contributed by atoms with E-state index < -0.39 is 6.04 Å². The van der Waals surface area contributed by atoms with Gasteiger partial charge in [0.1, 0.15) is 6.04 Å². The average Bonchev–Trinajstić information content (AvgIpc) is 2.04. The lowest BCUT2D eigenvalue weighted by atomic mass is 10.0. The number of hydrogen-bond acceptors (Lipinski definition) is 4. The van der Waals surface area contributed by atoms with Crippen LogP contribution in [0.1, 0.15) is 13.8 Å². The summed E-state index contributed by atoms with van der Waals surface area (Å²) in [7, 11) is 1.58. The first-order valence-electron chi connectivity index (χ1n) is 4.04. The fraction of sp³-hybridized carbons (Fsp3) is 0.875. The molecule has 0 radical (unpaired) electrons. The lowest BCUT2D eigenvalue weighted by Crippen LogP contribution is -2.40. The highest BCUT2D eigenvalue weighted by Crippen LogP contribution is 2.02. The minimum Gasteiger partial charge on any atom is -0.465 e. The second-order valence-corrected chi connectivity index (χ2v) is 2.71. The molecule has 0 fully saturated rings. The van der Waals surface area contributed by atoms with Crippen molar-refractivity contribution in [1.29, 1.82) is 0 Å². The van der Waals surface area contributed by atoms with Gasteiger partial charge in [0.05, 0.1) is 13.2 Å². The molecule has 4 nitrogen and oxygen atoms in total. The summed E-state index contributed by atoms with van der Waals surface area (Å²) in [4.78, 5) is 11.1. The molecule has 0 aromatic heterocycles. The standard InChI is InChI=1S/C8H17NO3/c1-4-12-8(10)7(9)6(2)5-11-3/h6-7H,4-5,9H2,1-3H3. The van der Waals surface area contributed by atoms with Crippen LogP contribution in [0.5, 0.6) is 0 Å². The molecule has 2 atom stereocenters. The molecule has 0 bridgehead atoms. The number of ether oxygens (including phenoxy) is 2. The molecule has 0 saturated heterocycles. The van der Waals surface area contributed by atoms with Gasteiger partial charge in [-0.25, -0.2) is 0 Å². The van der Waals surface area contributed by atoms with E-state index in [1.807, 2.05) is 6.92 Å². The van der Waals surface area contributed by atoms with E-state index in [0.717, 1.165) is 0 Å². The molecule has 12 heavy (non-hydrogen) atoms. The Bertz CT molecular complexity index is 138. The molecule has 0 heterocycles. The van der Waals surface area contributed by atoms with Gasteiger partial charge < -0.3 is 15.2 Å². The number of carbonyl (C=O) groups is 1. The van der Waals surface area contributed by atoms with Gasteiger partial charge >= 0.3 is 5.97 Å². The van der Waals surface area contributed by atoms with E-state index in [0.29, 0.717) is 13.2 Å². The zero-order valence-electron chi connectivity index (χ0n) is 7.87. The maximum Gasteiger partial charge on any atom is 0.323 e. The molecule has 0 aromatic rings. The molecule has 0 aromatic carbocycles. The van der Waals surface area contributed by atoms with E-state index in [-0.39, 0.29) is 11.9 Å². The number of rotatable bonds is 5. The summed E-state index contributed by atoms with van der Waals surface area (Å²) in [5.41, 5.74) is 5.58. The van der Waals surface area contributed by atoms with Crippen LogP contribution in [0.3, 0.4) is 0 Å². The number of methoxy groups -OCH3 is 1. The van der Waals surface area contributed by atoms with Gasteiger partial charge in [-0.1, -0.05) is 6.92 Å². The molecule has 0 spiro atoms. The SMILES string of the molecule is CCOC(=O)C(N)C(C)COC. The summed E-state index contributed by atoms with van der Waals surface area (Å²) < 4.78 is 9.62. The van der Waals surface area contributed by atoms with Crippen molar-refractivity contribution < 1.29 is 14.3 Å². The Kier molecular flexibility index (Phi) is 5.66. The summed E-state index contributed by atoms with van der Waals surface area (Å²) in [6, 6.07) is -0.579. The van der Waals surface area contributed by atoms with Gasteiger partial charge in [0.15, 0.2) is 0 Å². The normalized spacial score (nSPS) is 15.3. The number of nitrogens with two attached hydrogens (primary N) is 1. The minimum absolute atomic E-state index is 0.00551. The van der Waals surface area contributed by atoms with Crippen molar-refractivity contribution in [1.82, 2.24) is 0 Å². The van der Waals surface area contributed by atoms with Crippen LogP contribution >= 0.6 is 0 Å². The molecular formula is C8H17NO3. The summed E-state index contributed by atoms with van der Waals surface area (Å²) in [6.45, 7) is 4.45. The van der Waals surface area contributed by atoms with Crippen LogP contribution in [-0.4, -0.2) is 32.3 Å². The van der Waals surface area contributed by atoms with Crippen LogP contribution in [0, 0.1) is 5.92 Å². The zero-order valence-corrected chi connectivity index (χ0v) is 7.87. The van der Waals surface area contributed by atoms with E-state index in [9.17, 15) is 4.79 Å². The Labute approximate surface area is 73.0 Å². The Hall–Kier alpha value is -0.610. The topological polar surface area (TPSA) is 61.5 Å². The van der Waals surface area contributed by atoms with Gasteiger partial charge in [0.25, 0.3) is 0 Å². The van der Waals surface area contributed by atoms with Crippen molar-refractivity contribution in [3.63, 3.8) is 0 Å². The van der Waals surface area contributed by atoms with E-state index >= 15 is 0 Å². The van der Waals surface area contributed by atoms with Crippen LogP contribution in [0.25, 0.3) is 0 Å². The highest BCUT2D eigenvalue weighted by Gasteiger charge is 2.21. The third kappa shape index (κ3) is 3.69. The van der Waals surface area contributed by atoms with Crippen molar-refractivity contribution in [3.05, 3.63) is 0 Å². The number of carbonyl (C=O) groups excluding carboxylic acids is 1.